The molecule has 0 saturated carbocycles. The zero-order valence-corrected chi connectivity index (χ0v) is 17.7. The van der Waals surface area contributed by atoms with Crippen LogP contribution < -0.4 is 5.32 Å². The van der Waals surface area contributed by atoms with Gasteiger partial charge in [0.2, 0.25) is 10.0 Å². The van der Waals surface area contributed by atoms with Crippen LogP contribution in [-0.2, 0) is 23.5 Å². The lowest BCUT2D eigenvalue weighted by Gasteiger charge is -2.28. The van der Waals surface area contributed by atoms with Gasteiger partial charge in [0, 0.05) is 44.5 Å². The molecule has 0 bridgehead atoms. The van der Waals surface area contributed by atoms with Crippen LogP contribution in [0.25, 0.3) is 0 Å². The number of benzene rings is 1. The first-order chi connectivity index (χ1) is 14.4. The maximum atomic E-state index is 13.1. The van der Waals surface area contributed by atoms with Crippen LogP contribution >= 0.6 is 0 Å². The Morgan fingerprint density at radius 1 is 1.13 bits per heavy atom. The lowest BCUT2D eigenvalue weighted by atomic mass is 9.93. The molecule has 162 valence electrons. The van der Waals surface area contributed by atoms with E-state index in [-0.39, 0.29) is 23.5 Å². The van der Waals surface area contributed by atoms with Gasteiger partial charge < -0.3 is 10.2 Å². The van der Waals surface area contributed by atoms with Gasteiger partial charge in [0.05, 0.1) is 17.1 Å². The Morgan fingerprint density at radius 2 is 1.90 bits per heavy atom. The molecule has 4 rings (SSSR count). The fourth-order valence-corrected chi connectivity index (χ4v) is 5.66. The second-order valence-corrected chi connectivity index (χ2v) is 9.70. The van der Waals surface area contributed by atoms with Crippen molar-refractivity contribution >= 4 is 16.1 Å². The van der Waals surface area contributed by atoms with E-state index >= 15 is 0 Å². The Hall–Kier alpha value is -2.46. The Bertz CT molecular complexity index is 1020. The minimum Gasteiger partial charge on any atom is -0.331 e. The van der Waals surface area contributed by atoms with E-state index in [2.05, 4.69) is 10.4 Å². The smallest absolute Gasteiger partial charge is 0.317 e. The van der Waals surface area contributed by atoms with Crippen LogP contribution in [0.4, 0.5) is 9.18 Å². The number of aromatic nitrogens is 2. The van der Waals surface area contributed by atoms with Crippen molar-refractivity contribution in [3.8, 4) is 0 Å². The molecule has 0 radical (unpaired) electrons. The number of nitrogens with one attached hydrogen (secondary N) is 1. The first-order valence-electron chi connectivity index (χ1n) is 10.2. The van der Waals surface area contributed by atoms with Gasteiger partial charge in [-0.25, -0.2) is 17.6 Å². The Morgan fingerprint density at radius 3 is 2.67 bits per heavy atom. The van der Waals surface area contributed by atoms with Gasteiger partial charge in [-0.2, -0.15) is 9.40 Å². The summed E-state index contributed by atoms with van der Waals surface area (Å²) in [6.45, 7) is 1.31. The van der Waals surface area contributed by atoms with Gasteiger partial charge in [-0.1, -0.05) is 0 Å². The number of nitrogens with zero attached hydrogens (tertiary/aromatic N) is 4. The number of rotatable bonds is 3. The van der Waals surface area contributed by atoms with Crippen LogP contribution in [0.2, 0.25) is 0 Å². The zero-order chi connectivity index (χ0) is 21.3. The molecule has 2 aliphatic rings. The van der Waals surface area contributed by atoms with Crippen molar-refractivity contribution in [3.05, 3.63) is 47.5 Å². The Kier molecular flexibility index (Phi) is 5.79. The molecule has 30 heavy (non-hydrogen) atoms. The maximum Gasteiger partial charge on any atom is 0.317 e. The first kappa shape index (κ1) is 20.8. The molecule has 10 heteroatoms. The summed E-state index contributed by atoms with van der Waals surface area (Å²) in [6.07, 6.45) is 5.16. The molecule has 2 aromatic rings. The summed E-state index contributed by atoms with van der Waals surface area (Å²) < 4.78 is 42.1. The molecule has 1 aliphatic carbocycles. The summed E-state index contributed by atoms with van der Waals surface area (Å²) in [5, 5.41) is 7.41. The van der Waals surface area contributed by atoms with E-state index in [0.29, 0.717) is 26.1 Å². The van der Waals surface area contributed by atoms with Crippen molar-refractivity contribution in [1.29, 1.82) is 0 Å². The average Bonchev–Trinajstić information content (AvgIpc) is 2.95. The standard InChI is InChI=1S/C20H26FN5O3S/c1-24-19-5-2-4-18(17(19)14-22-24)23-20(27)25-10-3-11-26(13-12-25)30(28,29)16-8-6-15(21)7-9-16/h6-9,14,18H,2-5,10-13H2,1H3,(H,23,27). The van der Waals surface area contributed by atoms with Gasteiger partial charge in [-0.15, -0.1) is 0 Å². The number of hydrogen-bond donors (Lipinski definition) is 1. The van der Waals surface area contributed by atoms with Crippen molar-refractivity contribution in [3.63, 3.8) is 0 Å². The number of carbonyl (C=O) groups is 1. The fourth-order valence-electron chi connectivity index (χ4n) is 4.19. The molecule has 8 nitrogen and oxygen atoms in total. The van der Waals surface area contributed by atoms with Crippen molar-refractivity contribution in [2.24, 2.45) is 7.05 Å². The second-order valence-electron chi connectivity index (χ2n) is 7.76. The summed E-state index contributed by atoms with van der Waals surface area (Å²) in [4.78, 5) is 14.6. The minimum absolute atomic E-state index is 0.0631. The Labute approximate surface area is 175 Å². The molecule has 1 N–H and O–H groups in total. The maximum absolute atomic E-state index is 13.1. The van der Waals surface area contributed by atoms with Crippen LogP contribution in [-0.4, -0.2) is 59.6 Å². The van der Waals surface area contributed by atoms with Crippen LogP contribution in [0, 0.1) is 5.82 Å². The molecule has 1 atom stereocenters. The van der Waals surface area contributed by atoms with Crippen molar-refractivity contribution in [1.82, 2.24) is 24.3 Å². The molecular weight excluding hydrogens is 409 g/mol. The number of sulfonamides is 1. The third kappa shape index (κ3) is 4.06. The number of urea groups is 1. The van der Waals surface area contributed by atoms with Crippen LogP contribution in [0.5, 0.6) is 0 Å². The summed E-state index contributed by atoms with van der Waals surface area (Å²) >= 11 is 0. The first-order valence-corrected chi connectivity index (χ1v) is 11.6. The molecule has 2 heterocycles. The summed E-state index contributed by atoms with van der Waals surface area (Å²) in [6, 6.07) is 4.57. The topological polar surface area (TPSA) is 87.5 Å². The average molecular weight is 436 g/mol. The van der Waals surface area contributed by atoms with Gasteiger partial charge in [0.1, 0.15) is 5.82 Å². The number of amides is 2. The van der Waals surface area contributed by atoms with Crippen LogP contribution in [0.3, 0.4) is 0 Å². The highest BCUT2D eigenvalue weighted by molar-refractivity contribution is 7.89. The molecule has 1 saturated heterocycles. The third-order valence-electron chi connectivity index (χ3n) is 5.87. The zero-order valence-electron chi connectivity index (χ0n) is 16.9. The van der Waals surface area contributed by atoms with Crippen molar-refractivity contribution in [2.75, 3.05) is 26.2 Å². The highest BCUT2D eigenvalue weighted by atomic mass is 32.2. The minimum atomic E-state index is -3.72. The molecule has 2 amide bonds. The van der Waals surface area contributed by atoms with E-state index in [1.165, 1.54) is 16.4 Å². The van der Waals surface area contributed by atoms with E-state index in [1.54, 1.807) is 4.90 Å². The number of carbonyl (C=O) groups excluding carboxylic acids is 1. The molecular formula is C20H26FN5O3S. The van der Waals surface area contributed by atoms with Crippen molar-refractivity contribution in [2.45, 2.75) is 36.6 Å². The number of aryl methyl sites for hydroxylation is 1. The second kappa shape index (κ2) is 8.35. The van der Waals surface area contributed by atoms with E-state index in [1.807, 2.05) is 17.9 Å². The lowest BCUT2D eigenvalue weighted by molar-refractivity contribution is 0.194. The molecule has 1 aliphatic heterocycles. The van der Waals surface area contributed by atoms with E-state index in [0.717, 1.165) is 42.7 Å². The monoisotopic (exact) mass is 435 g/mol. The van der Waals surface area contributed by atoms with Crippen LogP contribution in [0.1, 0.15) is 36.6 Å². The lowest BCUT2D eigenvalue weighted by Crippen LogP contribution is -2.44. The van der Waals surface area contributed by atoms with Gasteiger partial charge in [0.25, 0.3) is 0 Å². The molecule has 0 spiro atoms. The molecule has 1 aromatic heterocycles. The third-order valence-corrected chi connectivity index (χ3v) is 7.78. The SMILES string of the molecule is Cn1ncc2c1CCCC2NC(=O)N1CCCN(S(=O)(=O)c2ccc(F)cc2)CC1. The highest BCUT2D eigenvalue weighted by Gasteiger charge is 2.30. The normalized spacial score (nSPS) is 20.5. The molecule has 1 aromatic carbocycles. The fraction of sp³-hybridized carbons (Fsp3) is 0.500. The van der Waals surface area contributed by atoms with Gasteiger partial charge in [-0.3, -0.25) is 4.68 Å². The highest BCUT2D eigenvalue weighted by Crippen LogP contribution is 2.29. The predicted molar refractivity (Wildman–Crippen MR) is 109 cm³/mol. The van der Waals surface area contributed by atoms with Gasteiger partial charge in [-0.05, 0) is 49.9 Å². The quantitative estimate of drug-likeness (QED) is 0.799. The van der Waals surface area contributed by atoms with Crippen LogP contribution in [0.15, 0.2) is 35.4 Å². The summed E-state index contributed by atoms with van der Waals surface area (Å²) in [5.74, 6) is -0.479. The van der Waals surface area contributed by atoms with Gasteiger partial charge in [0.15, 0.2) is 0 Å². The van der Waals surface area contributed by atoms with Gasteiger partial charge >= 0.3 is 6.03 Å². The number of hydrogen-bond acceptors (Lipinski definition) is 4. The Balaban J connectivity index is 1.41. The van der Waals surface area contributed by atoms with E-state index < -0.39 is 15.8 Å². The largest absolute Gasteiger partial charge is 0.331 e. The summed E-state index contributed by atoms with van der Waals surface area (Å²) in [7, 11) is -1.81. The number of halogens is 1. The van der Waals surface area contributed by atoms with Crippen molar-refractivity contribution < 1.29 is 17.6 Å². The van der Waals surface area contributed by atoms with E-state index in [4.69, 9.17) is 0 Å². The summed E-state index contributed by atoms with van der Waals surface area (Å²) in [5.41, 5.74) is 2.21. The predicted octanol–water partition coefficient (Wildman–Crippen LogP) is 2.04. The molecule has 1 unspecified atom stereocenters. The number of fused-ring (bicyclic) bond motifs is 1. The molecule has 1 fully saturated rings. The van der Waals surface area contributed by atoms with E-state index in [9.17, 15) is 17.6 Å².